The van der Waals surface area contributed by atoms with Crippen molar-refractivity contribution in [3.63, 3.8) is 0 Å². The monoisotopic (exact) mass is 223 g/mol. The molecular formula is C10H13N3O3. The lowest BCUT2D eigenvalue weighted by molar-refractivity contribution is -0.142. The molecule has 0 saturated carbocycles. The van der Waals surface area contributed by atoms with Gasteiger partial charge in [0.05, 0.1) is 18.4 Å². The molecule has 6 nitrogen and oxygen atoms in total. The summed E-state index contributed by atoms with van der Waals surface area (Å²) in [4.78, 5) is 30.8. The second-order valence-electron chi connectivity index (χ2n) is 4.10. The van der Waals surface area contributed by atoms with Crippen LogP contribution in [0, 0.1) is 11.8 Å². The third-order valence-electron chi connectivity index (χ3n) is 2.95. The third kappa shape index (κ3) is 1.78. The van der Waals surface area contributed by atoms with Gasteiger partial charge >= 0.3 is 5.97 Å². The van der Waals surface area contributed by atoms with Gasteiger partial charge < -0.3 is 15.0 Å². The molecule has 1 saturated heterocycles. The van der Waals surface area contributed by atoms with Crippen molar-refractivity contribution in [2.24, 2.45) is 11.8 Å². The zero-order valence-electron chi connectivity index (χ0n) is 8.88. The van der Waals surface area contributed by atoms with Crippen molar-refractivity contribution in [1.82, 2.24) is 14.9 Å². The summed E-state index contributed by atoms with van der Waals surface area (Å²) in [7, 11) is 0. The highest BCUT2D eigenvalue weighted by Gasteiger charge is 2.37. The molecule has 1 amide bonds. The van der Waals surface area contributed by atoms with Gasteiger partial charge in [-0.1, -0.05) is 6.92 Å². The third-order valence-corrected chi connectivity index (χ3v) is 2.95. The van der Waals surface area contributed by atoms with E-state index < -0.39 is 11.9 Å². The van der Waals surface area contributed by atoms with E-state index in [-0.39, 0.29) is 18.4 Å². The fourth-order valence-electron chi connectivity index (χ4n) is 2.00. The van der Waals surface area contributed by atoms with Gasteiger partial charge in [0.2, 0.25) is 0 Å². The Bertz CT molecular complexity index is 401. The van der Waals surface area contributed by atoms with E-state index in [4.69, 9.17) is 5.11 Å². The molecule has 0 aliphatic carbocycles. The van der Waals surface area contributed by atoms with Crippen molar-refractivity contribution >= 4 is 11.9 Å². The van der Waals surface area contributed by atoms with Crippen LogP contribution in [-0.2, 0) is 4.79 Å². The Kier molecular flexibility index (Phi) is 2.64. The summed E-state index contributed by atoms with van der Waals surface area (Å²) in [5, 5.41) is 8.96. The van der Waals surface area contributed by atoms with E-state index in [1.807, 2.05) is 6.92 Å². The smallest absolute Gasteiger partial charge is 0.308 e. The first-order valence-electron chi connectivity index (χ1n) is 5.10. The van der Waals surface area contributed by atoms with E-state index in [1.54, 1.807) is 4.90 Å². The molecule has 2 unspecified atom stereocenters. The van der Waals surface area contributed by atoms with E-state index >= 15 is 0 Å². The lowest BCUT2D eigenvalue weighted by Crippen LogP contribution is -2.30. The highest BCUT2D eigenvalue weighted by Crippen LogP contribution is 2.24. The lowest BCUT2D eigenvalue weighted by atomic mass is 9.99. The molecule has 1 aliphatic rings. The first kappa shape index (κ1) is 10.7. The Morgan fingerprint density at radius 2 is 2.31 bits per heavy atom. The number of nitrogens with one attached hydrogen (secondary N) is 1. The van der Waals surface area contributed by atoms with Crippen LogP contribution in [0.1, 0.15) is 17.4 Å². The zero-order chi connectivity index (χ0) is 11.7. The number of carbonyl (C=O) groups excluding carboxylic acids is 1. The van der Waals surface area contributed by atoms with Crippen LogP contribution in [0.5, 0.6) is 0 Å². The van der Waals surface area contributed by atoms with Crippen molar-refractivity contribution in [2.75, 3.05) is 13.1 Å². The topological polar surface area (TPSA) is 86.3 Å². The van der Waals surface area contributed by atoms with Crippen LogP contribution >= 0.6 is 0 Å². The molecule has 86 valence electrons. The van der Waals surface area contributed by atoms with Gasteiger partial charge in [0.25, 0.3) is 5.91 Å². The van der Waals surface area contributed by atoms with Crippen LogP contribution in [0.3, 0.4) is 0 Å². The molecule has 2 atom stereocenters. The molecule has 6 heteroatoms. The van der Waals surface area contributed by atoms with Crippen LogP contribution in [0.15, 0.2) is 12.5 Å². The number of carboxylic acid groups (broad SMARTS) is 1. The quantitative estimate of drug-likeness (QED) is 0.750. The maximum Gasteiger partial charge on any atom is 0.308 e. The summed E-state index contributed by atoms with van der Waals surface area (Å²) < 4.78 is 0. The van der Waals surface area contributed by atoms with Crippen LogP contribution in [0.25, 0.3) is 0 Å². The Morgan fingerprint density at radius 3 is 2.81 bits per heavy atom. The minimum Gasteiger partial charge on any atom is -0.481 e. The highest BCUT2D eigenvalue weighted by atomic mass is 16.4. The number of likely N-dealkylation sites (tertiary alicyclic amines) is 1. The predicted octanol–water partition coefficient (Wildman–Crippen LogP) is 0.202. The number of aromatic amines is 1. The van der Waals surface area contributed by atoms with Gasteiger partial charge in [-0.05, 0) is 5.92 Å². The van der Waals surface area contributed by atoms with E-state index in [9.17, 15) is 9.59 Å². The summed E-state index contributed by atoms with van der Waals surface area (Å²) in [6.45, 7) is 2.60. The van der Waals surface area contributed by atoms with Gasteiger partial charge in [0.15, 0.2) is 0 Å². The number of aliphatic carboxylic acids is 1. The molecule has 1 aliphatic heterocycles. The number of nitrogens with zero attached hydrogens (tertiary/aromatic N) is 2. The molecule has 1 aromatic rings. The molecule has 0 radical (unpaired) electrons. The first-order valence-corrected chi connectivity index (χ1v) is 5.10. The van der Waals surface area contributed by atoms with Crippen molar-refractivity contribution in [3.05, 3.63) is 18.2 Å². The molecule has 0 bridgehead atoms. The number of hydrogen-bond acceptors (Lipinski definition) is 3. The summed E-state index contributed by atoms with van der Waals surface area (Å²) in [6.07, 6.45) is 2.88. The standard InChI is InChI=1S/C10H13N3O3/c1-6-3-13(4-7(6)10(15)16)9(14)8-2-11-5-12-8/h2,5-7H,3-4H2,1H3,(H,11,12)(H,15,16). The molecule has 0 spiro atoms. The SMILES string of the molecule is CC1CN(C(=O)c2cnc[nH]2)CC1C(=O)O. The number of H-pyrrole nitrogens is 1. The maximum atomic E-state index is 11.9. The van der Waals surface area contributed by atoms with Gasteiger partial charge in [-0.3, -0.25) is 9.59 Å². The van der Waals surface area contributed by atoms with Crippen molar-refractivity contribution in [2.45, 2.75) is 6.92 Å². The number of imidazole rings is 1. The van der Waals surface area contributed by atoms with E-state index in [1.165, 1.54) is 12.5 Å². The number of carbonyl (C=O) groups is 2. The fourth-order valence-corrected chi connectivity index (χ4v) is 2.00. The number of carboxylic acids is 1. The fraction of sp³-hybridized carbons (Fsp3) is 0.500. The van der Waals surface area contributed by atoms with Gasteiger partial charge in [0, 0.05) is 13.1 Å². The first-order chi connectivity index (χ1) is 7.59. The summed E-state index contributed by atoms with van der Waals surface area (Å²) in [5.74, 6) is -1.50. The van der Waals surface area contributed by atoms with Crippen LogP contribution in [0.4, 0.5) is 0 Å². The van der Waals surface area contributed by atoms with Crippen molar-refractivity contribution in [1.29, 1.82) is 0 Å². The van der Waals surface area contributed by atoms with Crippen LogP contribution in [-0.4, -0.2) is 44.9 Å². The summed E-state index contributed by atoms with van der Waals surface area (Å²) in [6, 6.07) is 0. The normalized spacial score (nSPS) is 24.7. The van der Waals surface area contributed by atoms with E-state index in [0.717, 1.165) is 0 Å². The molecule has 2 heterocycles. The van der Waals surface area contributed by atoms with Gasteiger partial charge in [-0.2, -0.15) is 0 Å². The number of amides is 1. The van der Waals surface area contributed by atoms with E-state index in [2.05, 4.69) is 9.97 Å². The summed E-state index contributed by atoms with van der Waals surface area (Å²) >= 11 is 0. The molecule has 2 rings (SSSR count). The average Bonchev–Trinajstić information content (AvgIpc) is 2.84. The molecule has 1 fully saturated rings. The second-order valence-corrected chi connectivity index (χ2v) is 4.10. The van der Waals surface area contributed by atoms with Crippen LogP contribution in [0.2, 0.25) is 0 Å². The van der Waals surface area contributed by atoms with Gasteiger partial charge in [-0.15, -0.1) is 0 Å². The van der Waals surface area contributed by atoms with E-state index in [0.29, 0.717) is 12.2 Å². The minimum absolute atomic E-state index is 0.00984. The van der Waals surface area contributed by atoms with Crippen molar-refractivity contribution in [3.8, 4) is 0 Å². The maximum absolute atomic E-state index is 11.9. The Morgan fingerprint density at radius 1 is 1.56 bits per heavy atom. The number of aromatic nitrogens is 2. The Balaban J connectivity index is 2.09. The molecule has 0 aromatic carbocycles. The number of hydrogen-bond donors (Lipinski definition) is 2. The molecule has 1 aromatic heterocycles. The second kappa shape index (κ2) is 3.96. The average molecular weight is 223 g/mol. The highest BCUT2D eigenvalue weighted by molar-refractivity contribution is 5.92. The van der Waals surface area contributed by atoms with Crippen LogP contribution < -0.4 is 0 Å². The molecule has 2 N–H and O–H groups in total. The molecule has 16 heavy (non-hydrogen) atoms. The minimum atomic E-state index is -0.840. The Hall–Kier alpha value is -1.85. The predicted molar refractivity (Wildman–Crippen MR) is 54.8 cm³/mol. The lowest BCUT2D eigenvalue weighted by Gasteiger charge is -2.14. The molecular weight excluding hydrogens is 210 g/mol. The van der Waals surface area contributed by atoms with Gasteiger partial charge in [-0.25, -0.2) is 4.98 Å². The summed E-state index contributed by atoms with van der Waals surface area (Å²) in [5.41, 5.74) is 0.401. The van der Waals surface area contributed by atoms with Gasteiger partial charge in [0.1, 0.15) is 5.69 Å². The zero-order valence-corrected chi connectivity index (χ0v) is 8.88. The Labute approximate surface area is 92.3 Å². The van der Waals surface area contributed by atoms with Crippen molar-refractivity contribution < 1.29 is 14.7 Å². The number of rotatable bonds is 2. The largest absolute Gasteiger partial charge is 0.481 e.